The Kier molecular flexibility index (Phi) is 5.38. The summed E-state index contributed by atoms with van der Waals surface area (Å²) in [6.07, 6.45) is 2.95. The van der Waals surface area contributed by atoms with Crippen molar-refractivity contribution >= 4 is 23.3 Å². The molecule has 0 aliphatic heterocycles. The van der Waals surface area contributed by atoms with Crippen LogP contribution in [-0.4, -0.2) is 27.7 Å². The van der Waals surface area contributed by atoms with Crippen LogP contribution in [0.3, 0.4) is 0 Å². The van der Waals surface area contributed by atoms with Gasteiger partial charge in [-0.2, -0.15) is 0 Å². The summed E-state index contributed by atoms with van der Waals surface area (Å²) in [6, 6.07) is 12.9. The number of ether oxygens (including phenoxy) is 1. The summed E-state index contributed by atoms with van der Waals surface area (Å²) in [4.78, 5) is 24.5. The van der Waals surface area contributed by atoms with Crippen LogP contribution >= 0.6 is 0 Å². The van der Waals surface area contributed by atoms with Crippen LogP contribution in [-0.2, 0) is 4.74 Å². The fraction of sp³-hybridized carbons (Fsp3) is 0.158. The van der Waals surface area contributed by atoms with Gasteiger partial charge >= 0.3 is 6.09 Å². The monoisotopic (exact) mass is 349 g/mol. The Bertz CT molecular complexity index is 882. The quantitative estimate of drug-likeness (QED) is 0.719. The highest BCUT2D eigenvalue weighted by molar-refractivity contribution is 5.84. The van der Waals surface area contributed by atoms with Crippen LogP contribution in [0, 0.1) is 6.92 Å². The summed E-state index contributed by atoms with van der Waals surface area (Å²) >= 11 is 0. The minimum Gasteiger partial charge on any atom is -0.450 e. The number of aromatic nitrogens is 3. The Morgan fingerprint density at radius 3 is 2.42 bits per heavy atom. The fourth-order valence-corrected chi connectivity index (χ4v) is 2.33. The maximum Gasteiger partial charge on any atom is 0.411 e. The van der Waals surface area contributed by atoms with Gasteiger partial charge in [-0.3, -0.25) is 10.3 Å². The summed E-state index contributed by atoms with van der Waals surface area (Å²) in [5.74, 6) is 1.32. The van der Waals surface area contributed by atoms with Gasteiger partial charge in [-0.05, 0) is 50.2 Å². The van der Waals surface area contributed by atoms with E-state index in [1.165, 1.54) is 0 Å². The van der Waals surface area contributed by atoms with Gasteiger partial charge in [0.05, 0.1) is 6.61 Å². The minimum absolute atomic E-state index is 0.332. The van der Waals surface area contributed by atoms with E-state index < -0.39 is 6.09 Å². The van der Waals surface area contributed by atoms with Crippen molar-refractivity contribution in [2.45, 2.75) is 13.8 Å². The van der Waals surface area contributed by atoms with Crippen molar-refractivity contribution in [2.24, 2.45) is 0 Å². The highest BCUT2D eigenvalue weighted by atomic mass is 16.5. The van der Waals surface area contributed by atoms with Crippen LogP contribution in [0.4, 0.5) is 22.0 Å². The molecule has 0 aliphatic carbocycles. The van der Waals surface area contributed by atoms with Gasteiger partial charge in [0.25, 0.3) is 0 Å². The molecule has 132 valence electrons. The topological polar surface area (TPSA) is 89.0 Å². The average Bonchev–Trinajstić information content (AvgIpc) is 2.64. The summed E-state index contributed by atoms with van der Waals surface area (Å²) in [5, 5.41) is 5.90. The van der Waals surface area contributed by atoms with E-state index in [4.69, 9.17) is 4.74 Å². The molecule has 0 saturated heterocycles. The maximum absolute atomic E-state index is 11.4. The molecule has 7 nitrogen and oxygen atoms in total. The van der Waals surface area contributed by atoms with Crippen LogP contribution in [0.25, 0.3) is 11.4 Å². The summed E-state index contributed by atoms with van der Waals surface area (Å²) in [7, 11) is 0. The van der Waals surface area contributed by atoms with Crippen molar-refractivity contribution in [3.63, 3.8) is 0 Å². The van der Waals surface area contributed by atoms with Gasteiger partial charge in [0.2, 0.25) is 0 Å². The van der Waals surface area contributed by atoms with E-state index in [9.17, 15) is 4.79 Å². The lowest BCUT2D eigenvalue weighted by molar-refractivity contribution is 0.168. The maximum atomic E-state index is 11.4. The first-order valence-electron chi connectivity index (χ1n) is 8.21. The van der Waals surface area contributed by atoms with E-state index in [0.717, 1.165) is 16.9 Å². The predicted octanol–water partition coefficient (Wildman–Crippen LogP) is 4.16. The zero-order valence-electron chi connectivity index (χ0n) is 14.6. The number of carbonyl (C=O) groups excluding carboxylic acids is 1. The molecule has 0 atom stereocenters. The first-order valence-corrected chi connectivity index (χ1v) is 8.21. The number of pyridine rings is 1. The number of rotatable bonds is 5. The second-order valence-electron chi connectivity index (χ2n) is 5.50. The Hall–Kier alpha value is -3.48. The molecule has 1 amide bonds. The van der Waals surface area contributed by atoms with Gasteiger partial charge in [0.15, 0.2) is 5.82 Å². The van der Waals surface area contributed by atoms with Gasteiger partial charge in [0.1, 0.15) is 5.82 Å². The molecule has 1 aromatic carbocycles. The lowest BCUT2D eigenvalue weighted by Crippen LogP contribution is -2.13. The van der Waals surface area contributed by atoms with E-state index in [1.807, 2.05) is 37.3 Å². The molecule has 0 unspecified atom stereocenters. The molecule has 7 heteroatoms. The van der Waals surface area contributed by atoms with Gasteiger partial charge < -0.3 is 10.1 Å². The molecular formula is C19H19N5O2. The summed E-state index contributed by atoms with van der Waals surface area (Å²) < 4.78 is 4.85. The number of hydrogen-bond donors (Lipinski definition) is 2. The van der Waals surface area contributed by atoms with Crippen molar-refractivity contribution in [3.8, 4) is 11.4 Å². The first-order chi connectivity index (χ1) is 12.6. The Morgan fingerprint density at radius 2 is 1.73 bits per heavy atom. The van der Waals surface area contributed by atoms with Crippen LogP contribution in [0.15, 0.2) is 54.9 Å². The molecule has 0 bridgehead atoms. The molecule has 0 saturated carbocycles. The lowest BCUT2D eigenvalue weighted by Gasteiger charge is -2.10. The number of aryl methyl sites for hydroxylation is 1. The smallest absolute Gasteiger partial charge is 0.411 e. The van der Waals surface area contributed by atoms with Gasteiger partial charge in [0, 0.05) is 41.1 Å². The third-order valence-corrected chi connectivity index (χ3v) is 3.47. The largest absolute Gasteiger partial charge is 0.450 e. The molecule has 0 fully saturated rings. The first kappa shape index (κ1) is 17.3. The number of hydrogen-bond acceptors (Lipinski definition) is 6. The highest BCUT2D eigenvalue weighted by Gasteiger charge is 2.06. The van der Waals surface area contributed by atoms with Crippen molar-refractivity contribution in [3.05, 3.63) is 60.6 Å². The molecule has 3 aromatic rings. The summed E-state index contributed by atoms with van der Waals surface area (Å²) in [6.45, 7) is 4.01. The summed E-state index contributed by atoms with van der Waals surface area (Å²) in [5.41, 5.74) is 3.26. The van der Waals surface area contributed by atoms with Crippen molar-refractivity contribution in [1.29, 1.82) is 0 Å². The van der Waals surface area contributed by atoms with E-state index >= 15 is 0 Å². The van der Waals surface area contributed by atoms with E-state index in [2.05, 4.69) is 25.6 Å². The predicted molar refractivity (Wildman–Crippen MR) is 100 cm³/mol. The van der Waals surface area contributed by atoms with E-state index in [0.29, 0.717) is 23.9 Å². The number of carbonyl (C=O) groups is 1. The third-order valence-electron chi connectivity index (χ3n) is 3.47. The number of anilines is 3. The normalized spacial score (nSPS) is 10.2. The highest BCUT2D eigenvalue weighted by Crippen LogP contribution is 2.21. The molecule has 0 spiro atoms. The molecule has 26 heavy (non-hydrogen) atoms. The molecule has 0 radical (unpaired) electrons. The number of nitrogens with zero attached hydrogens (tertiary/aromatic N) is 3. The molecule has 0 aliphatic rings. The molecule has 2 heterocycles. The van der Waals surface area contributed by atoms with Gasteiger partial charge in [-0.1, -0.05) is 0 Å². The van der Waals surface area contributed by atoms with Crippen LogP contribution < -0.4 is 10.6 Å². The molecular weight excluding hydrogens is 330 g/mol. The van der Waals surface area contributed by atoms with E-state index in [-0.39, 0.29) is 0 Å². The van der Waals surface area contributed by atoms with Gasteiger partial charge in [-0.25, -0.2) is 14.8 Å². The minimum atomic E-state index is -0.471. The molecule has 2 N–H and O–H groups in total. The average molecular weight is 349 g/mol. The number of nitrogens with one attached hydrogen (secondary N) is 2. The Labute approximate surface area is 151 Å². The van der Waals surface area contributed by atoms with Gasteiger partial charge in [-0.15, -0.1) is 0 Å². The third kappa shape index (κ3) is 4.54. The number of benzene rings is 1. The van der Waals surface area contributed by atoms with Crippen molar-refractivity contribution < 1.29 is 9.53 Å². The standard InChI is InChI=1S/C19H19N5O2/c1-3-26-19(25)23-16-6-4-15(5-7-16)22-17-12-13(2)21-18(24-17)14-8-10-20-11-9-14/h4-12H,3H2,1-2H3,(H,23,25)(H,21,22,24). The SMILES string of the molecule is CCOC(=O)Nc1ccc(Nc2cc(C)nc(-c3ccncc3)n2)cc1. The van der Waals surface area contributed by atoms with Crippen LogP contribution in [0.2, 0.25) is 0 Å². The van der Waals surface area contributed by atoms with E-state index in [1.54, 1.807) is 31.5 Å². The zero-order valence-corrected chi connectivity index (χ0v) is 14.6. The fourth-order valence-electron chi connectivity index (χ4n) is 2.33. The second kappa shape index (κ2) is 8.06. The van der Waals surface area contributed by atoms with Crippen molar-refractivity contribution in [2.75, 3.05) is 17.2 Å². The van der Waals surface area contributed by atoms with Crippen LogP contribution in [0.5, 0.6) is 0 Å². The number of amides is 1. The lowest BCUT2D eigenvalue weighted by atomic mass is 10.2. The Morgan fingerprint density at radius 1 is 1.04 bits per heavy atom. The van der Waals surface area contributed by atoms with Crippen LogP contribution in [0.1, 0.15) is 12.6 Å². The van der Waals surface area contributed by atoms with Crippen molar-refractivity contribution in [1.82, 2.24) is 15.0 Å². The molecule has 3 rings (SSSR count). The molecule has 2 aromatic heterocycles. The Balaban J connectivity index is 1.75. The second-order valence-corrected chi connectivity index (χ2v) is 5.50. The zero-order chi connectivity index (χ0) is 18.4.